The summed E-state index contributed by atoms with van der Waals surface area (Å²) in [6, 6.07) is 4.82. The Morgan fingerprint density at radius 3 is 2.93 bits per heavy atom. The number of thioether (sulfide) groups is 1. The molecule has 1 aliphatic rings. The highest BCUT2D eigenvalue weighted by Crippen LogP contribution is 2.27. The molecule has 0 spiro atoms. The molecule has 0 aliphatic carbocycles. The average Bonchev–Trinajstić information content (AvgIpc) is 3.33. The first-order valence-electron chi connectivity index (χ1n) is 8.65. The molecule has 0 bridgehead atoms. The highest BCUT2D eigenvalue weighted by atomic mass is 35.5. The first-order valence-corrected chi connectivity index (χ1v) is 10.2. The van der Waals surface area contributed by atoms with E-state index in [0.717, 1.165) is 12.1 Å². The lowest BCUT2D eigenvalue weighted by Crippen LogP contribution is -2.44. The van der Waals surface area contributed by atoms with Crippen LogP contribution in [0.4, 0.5) is 5.69 Å². The second-order valence-corrected chi connectivity index (χ2v) is 7.62. The molecule has 142 valence electrons. The maximum Gasteiger partial charge on any atom is 0.250 e. The average molecular weight is 405 g/mol. The lowest BCUT2D eigenvalue weighted by molar-refractivity contribution is -0.133. The second kappa shape index (κ2) is 8.63. The number of nitrogens with one attached hydrogen (secondary N) is 1. The summed E-state index contributed by atoms with van der Waals surface area (Å²) in [7, 11) is 0. The molecule has 1 aliphatic heterocycles. The molecule has 1 atom stereocenters. The standard InChI is InChI=1S/C19H21ClN4O2S/c1-3-4-13(2)19(26)24-12-27-10-17(24)18(25)22-14-5-6-16(15(20)9-14)23-8-7-21-11-23/h4-9,11,17H,3,10,12H2,1-2H3,(H,22,25). The molecule has 2 amide bonds. The third kappa shape index (κ3) is 4.36. The van der Waals surface area contributed by atoms with Crippen LogP contribution in [0.1, 0.15) is 20.3 Å². The third-order valence-electron chi connectivity index (χ3n) is 4.29. The van der Waals surface area contributed by atoms with Gasteiger partial charge in [0.1, 0.15) is 6.04 Å². The Bertz CT molecular complexity index is 867. The number of anilines is 1. The maximum absolute atomic E-state index is 12.7. The highest BCUT2D eigenvalue weighted by Gasteiger charge is 2.35. The Kier molecular flexibility index (Phi) is 6.23. The summed E-state index contributed by atoms with van der Waals surface area (Å²) in [5.41, 5.74) is 2.05. The van der Waals surface area contributed by atoms with Crippen LogP contribution in [0, 0.1) is 0 Å². The summed E-state index contributed by atoms with van der Waals surface area (Å²) >= 11 is 7.92. The van der Waals surface area contributed by atoms with Crippen LogP contribution < -0.4 is 5.32 Å². The van der Waals surface area contributed by atoms with Gasteiger partial charge in [0.15, 0.2) is 0 Å². The lowest BCUT2D eigenvalue weighted by Gasteiger charge is -2.23. The molecule has 2 aromatic rings. The number of allylic oxidation sites excluding steroid dienone is 1. The fourth-order valence-electron chi connectivity index (χ4n) is 2.90. The van der Waals surface area contributed by atoms with Crippen molar-refractivity contribution in [2.45, 2.75) is 26.3 Å². The normalized spacial score (nSPS) is 17.2. The summed E-state index contributed by atoms with van der Waals surface area (Å²) < 4.78 is 1.80. The van der Waals surface area contributed by atoms with Crippen LogP contribution in [0.3, 0.4) is 0 Å². The molecule has 1 aromatic heterocycles. The first-order chi connectivity index (χ1) is 13.0. The van der Waals surface area contributed by atoms with Crippen LogP contribution in [-0.4, -0.2) is 43.9 Å². The Hall–Kier alpha value is -2.25. The first kappa shape index (κ1) is 19.5. The number of carbonyl (C=O) groups excluding carboxylic acids is 2. The van der Waals surface area contributed by atoms with Crippen molar-refractivity contribution in [2.24, 2.45) is 0 Å². The smallest absolute Gasteiger partial charge is 0.250 e. The number of benzene rings is 1. The molecule has 6 nitrogen and oxygen atoms in total. The van der Waals surface area contributed by atoms with Gasteiger partial charge in [-0.1, -0.05) is 24.6 Å². The molecular weight excluding hydrogens is 384 g/mol. The van der Waals surface area contributed by atoms with Crippen molar-refractivity contribution in [3.8, 4) is 5.69 Å². The van der Waals surface area contributed by atoms with Gasteiger partial charge in [0, 0.05) is 29.4 Å². The molecule has 0 radical (unpaired) electrons. The zero-order valence-electron chi connectivity index (χ0n) is 15.2. The Labute approximate surface area is 167 Å². The number of rotatable bonds is 5. The minimum atomic E-state index is -0.491. The molecular formula is C19H21ClN4O2S. The molecule has 1 N–H and O–H groups in total. The van der Waals surface area contributed by atoms with E-state index in [1.54, 1.807) is 59.0 Å². The van der Waals surface area contributed by atoms with E-state index >= 15 is 0 Å². The minimum absolute atomic E-state index is 0.0875. The topological polar surface area (TPSA) is 67.2 Å². The number of hydrogen-bond acceptors (Lipinski definition) is 4. The number of aromatic nitrogens is 2. The zero-order chi connectivity index (χ0) is 19.4. The molecule has 3 rings (SSSR count). The van der Waals surface area contributed by atoms with Crippen molar-refractivity contribution < 1.29 is 9.59 Å². The Morgan fingerprint density at radius 2 is 2.26 bits per heavy atom. The summed E-state index contributed by atoms with van der Waals surface area (Å²) in [4.78, 5) is 30.9. The highest BCUT2D eigenvalue weighted by molar-refractivity contribution is 7.99. The molecule has 1 unspecified atom stereocenters. The van der Waals surface area contributed by atoms with E-state index in [-0.39, 0.29) is 11.8 Å². The molecule has 8 heteroatoms. The molecule has 1 fully saturated rings. The monoisotopic (exact) mass is 404 g/mol. The third-order valence-corrected chi connectivity index (χ3v) is 5.61. The van der Waals surface area contributed by atoms with Gasteiger partial charge >= 0.3 is 0 Å². The van der Waals surface area contributed by atoms with Crippen molar-refractivity contribution in [3.05, 3.63) is 53.6 Å². The van der Waals surface area contributed by atoms with Gasteiger partial charge in [-0.05, 0) is 31.5 Å². The minimum Gasteiger partial charge on any atom is -0.324 e. The van der Waals surface area contributed by atoms with E-state index in [9.17, 15) is 9.59 Å². The van der Waals surface area contributed by atoms with E-state index in [0.29, 0.717) is 27.9 Å². The zero-order valence-corrected chi connectivity index (χ0v) is 16.8. The van der Waals surface area contributed by atoms with Crippen molar-refractivity contribution in [2.75, 3.05) is 16.9 Å². The van der Waals surface area contributed by atoms with Crippen molar-refractivity contribution in [3.63, 3.8) is 0 Å². The van der Waals surface area contributed by atoms with Gasteiger partial charge in [0.2, 0.25) is 5.91 Å². The molecule has 0 saturated carbocycles. The number of halogens is 1. The van der Waals surface area contributed by atoms with Gasteiger partial charge in [-0.3, -0.25) is 9.59 Å². The van der Waals surface area contributed by atoms with Crippen LogP contribution in [0.15, 0.2) is 48.6 Å². The predicted octanol–water partition coefficient (Wildman–Crippen LogP) is 3.72. The second-order valence-electron chi connectivity index (χ2n) is 6.21. The van der Waals surface area contributed by atoms with E-state index < -0.39 is 6.04 Å². The number of hydrogen-bond donors (Lipinski definition) is 1. The Morgan fingerprint density at radius 1 is 1.44 bits per heavy atom. The largest absolute Gasteiger partial charge is 0.324 e. The van der Waals surface area contributed by atoms with Crippen LogP contribution >= 0.6 is 23.4 Å². The van der Waals surface area contributed by atoms with E-state index in [1.807, 2.05) is 19.1 Å². The molecule has 1 saturated heterocycles. The van der Waals surface area contributed by atoms with Crippen molar-refractivity contribution in [1.29, 1.82) is 0 Å². The van der Waals surface area contributed by atoms with Crippen molar-refractivity contribution in [1.82, 2.24) is 14.5 Å². The van der Waals surface area contributed by atoms with E-state index in [2.05, 4.69) is 10.3 Å². The summed E-state index contributed by atoms with van der Waals surface area (Å²) in [5, 5.41) is 3.38. The Balaban J connectivity index is 1.72. The van der Waals surface area contributed by atoms with Crippen LogP contribution in [0.25, 0.3) is 5.69 Å². The fraction of sp³-hybridized carbons (Fsp3) is 0.316. The summed E-state index contributed by atoms with van der Waals surface area (Å²) in [5.74, 6) is 0.809. The SMILES string of the molecule is CCC=C(C)C(=O)N1CSCC1C(=O)Nc1ccc(-n2ccnc2)c(Cl)c1. The van der Waals surface area contributed by atoms with Crippen LogP contribution in [0.2, 0.25) is 5.02 Å². The van der Waals surface area contributed by atoms with Gasteiger partial charge in [0.05, 0.1) is 22.9 Å². The number of amides is 2. The molecule has 27 heavy (non-hydrogen) atoms. The maximum atomic E-state index is 12.7. The predicted molar refractivity (Wildman–Crippen MR) is 109 cm³/mol. The summed E-state index contributed by atoms with van der Waals surface area (Å²) in [6.45, 7) is 3.77. The van der Waals surface area contributed by atoms with E-state index in [1.165, 1.54) is 0 Å². The van der Waals surface area contributed by atoms with E-state index in [4.69, 9.17) is 11.6 Å². The molecule has 1 aromatic carbocycles. The van der Waals surface area contributed by atoms with Crippen LogP contribution in [0.5, 0.6) is 0 Å². The van der Waals surface area contributed by atoms with Gasteiger partial charge in [-0.2, -0.15) is 0 Å². The number of nitrogens with zero attached hydrogens (tertiary/aromatic N) is 3. The van der Waals surface area contributed by atoms with Gasteiger partial charge in [-0.25, -0.2) is 4.98 Å². The quantitative estimate of drug-likeness (QED) is 0.771. The lowest BCUT2D eigenvalue weighted by atomic mass is 10.2. The molecule has 2 heterocycles. The number of carbonyl (C=O) groups is 2. The summed E-state index contributed by atoms with van der Waals surface area (Å²) in [6.07, 6.45) is 7.80. The van der Waals surface area contributed by atoms with Gasteiger partial charge < -0.3 is 14.8 Å². The fourth-order valence-corrected chi connectivity index (χ4v) is 4.33. The van der Waals surface area contributed by atoms with Crippen molar-refractivity contribution >= 4 is 40.9 Å². The van der Waals surface area contributed by atoms with Gasteiger partial charge in [0.25, 0.3) is 5.91 Å². The van der Waals surface area contributed by atoms with Crippen LogP contribution in [-0.2, 0) is 9.59 Å². The van der Waals surface area contributed by atoms with Gasteiger partial charge in [-0.15, -0.1) is 11.8 Å². The number of imidazole rings is 1.